The van der Waals surface area contributed by atoms with E-state index >= 15 is 0 Å². The minimum Gasteiger partial charge on any atom is -0.378 e. The van der Waals surface area contributed by atoms with Gasteiger partial charge in [0.25, 0.3) is 0 Å². The highest BCUT2D eigenvalue weighted by Crippen LogP contribution is 2.37. The Kier molecular flexibility index (Phi) is 7.37. The molecule has 0 aliphatic carbocycles. The summed E-state index contributed by atoms with van der Waals surface area (Å²) in [4.78, 5) is 18.2. The molecule has 3 rings (SSSR count). The highest BCUT2D eigenvalue weighted by molar-refractivity contribution is 5.90. The number of hydrogen-bond acceptors (Lipinski definition) is 6. The summed E-state index contributed by atoms with van der Waals surface area (Å²) < 4.78 is 51.0. The van der Waals surface area contributed by atoms with Gasteiger partial charge in [0, 0.05) is 37.7 Å². The quantitative estimate of drug-likeness (QED) is 0.635. The number of alkyl halides is 3. The minimum absolute atomic E-state index is 0.152. The monoisotopic (exact) mass is 441 g/mol. The molecule has 0 spiro atoms. The molecule has 1 aliphatic rings. The molecule has 1 saturated heterocycles. The number of carbonyl (C=O) groups is 1. The van der Waals surface area contributed by atoms with Crippen LogP contribution in [0, 0.1) is 0 Å². The molecule has 2 heterocycles. The number of ether oxygens (including phenoxy) is 1. The molecule has 0 atom stereocenters. The van der Waals surface area contributed by atoms with Crippen LogP contribution in [0.25, 0.3) is 0 Å². The van der Waals surface area contributed by atoms with Crippen molar-refractivity contribution in [3.8, 4) is 0 Å². The van der Waals surface area contributed by atoms with Crippen molar-refractivity contribution in [1.29, 1.82) is 0 Å². The Morgan fingerprint density at radius 1 is 1.26 bits per heavy atom. The first kappa shape index (κ1) is 22.9. The van der Waals surface area contributed by atoms with Crippen LogP contribution in [-0.4, -0.2) is 49.0 Å². The summed E-state index contributed by atoms with van der Waals surface area (Å²) >= 11 is 0. The van der Waals surface area contributed by atoms with Gasteiger partial charge in [0.1, 0.15) is 0 Å². The highest BCUT2D eigenvalue weighted by Gasteiger charge is 2.34. The zero-order valence-corrected chi connectivity index (χ0v) is 17.5. The van der Waals surface area contributed by atoms with E-state index in [2.05, 4.69) is 20.8 Å². The summed E-state index contributed by atoms with van der Waals surface area (Å²) in [5.41, 5.74) is -0.735. The maximum absolute atomic E-state index is 13.6. The van der Waals surface area contributed by atoms with Crippen LogP contribution >= 0.6 is 0 Å². The van der Waals surface area contributed by atoms with Crippen molar-refractivity contribution in [2.75, 3.05) is 43.1 Å². The van der Waals surface area contributed by atoms with Crippen LogP contribution in [0.2, 0.25) is 0 Å². The molecule has 31 heavy (non-hydrogen) atoms. The van der Waals surface area contributed by atoms with Crippen LogP contribution in [0.4, 0.5) is 29.3 Å². The Morgan fingerprint density at radius 2 is 2.00 bits per heavy atom. The van der Waals surface area contributed by atoms with Crippen molar-refractivity contribution in [2.24, 2.45) is 0 Å². The number of nitrogens with one attached hydrogen (secondary N) is 2. The van der Waals surface area contributed by atoms with Gasteiger partial charge in [-0.15, -0.1) is 0 Å². The number of anilines is 2. The number of benzene rings is 1. The van der Waals surface area contributed by atoms with Gasteiger partial charge < -0.3 is 24.8 Å². The Bertz CT molecular complexity index is 879. The fourth-order valence-electron chi connectivity index (χ4n) is 3.11. The van der Waals surface area contributed by atoms with E-state index in [1.165, 1.54) is 6.07 Å². The van der Waals surface area contributed by atoms with Crippen LogP contribution in [-0.2, 0) is 17.3 Å². The molecule has 2 amide bonds. The van der Waals surface area contributed by atoms with Crippen molar-refractivity contribution >= 4 is 17.4 Å². The third-order valence-corrected chi connectivity index (χ3v) is 4.79. The number of rotatable bonds is 7. The maximum atomic E-state index is 13.6. The molecule has 1 aromatic heterocycles. The number of urea groups is 1. The van der Waals surface area contributed by atoms with E-state index in [-0.39, 0.29) is 18.2 Å². The van der Waals surface area contributed by atoms with Gasteiger partial charge in [-0.1, -0.05) is 19.0 Å². The van der Waals surface area contributed by atoms with Crippen LogP contribution in [0.5, 0.6) is 0 Å². The van der Waals surface area contributed by atoms with Gasteiger partial charge in [0.15, 0.2) is 5.82 Å². The molecule has 0 bridgehead atoms. The van der Waals surface area contributed by atoms with E-state index in [0.717, 1.165) is 6.07 Å². The zero-order chi connectivity index (χ0) is 22.4. The second-order valence-electron chi connectivity index (χ2n) is 7.51. The SMILES string of the molecule is CC(C)c1noc(CCCNC(=O)Nc2ccc(N3CCOCC3)cc2C(F)(F)F)n1. The van der Waals surface area contributed by atoms with E-state index in [1.54, 1.807) is 6.07 Å². The zero-order valence-electron chi connectivity index (χ0n) is 17.5. The van der Waals surface area contributed by atoms with Gasteiger partial charge in [-0.05, 0) is 24.6 Å². The van der Waals surface area contributed by atoms with Crippen molar-refractivity contribution in [3.05, 3.63) is 35.5 Å². The summed E-state index contributed by atoms with van der Waals surface area (Å²) in [7, 11) is 0. The lowest BCUT2D eigenvalue weighted by atomic mass is 10.1. The molecule has 0 radical (unpaired) electrons. The minimum atomic E-state index is -4.60. The van der Waals surface area contributed by atoms with Gasteiger partial charge >= 0.3 is 12.2 Å². The average Bonchev–Trinajstić information content (AvgIpc) is 3.21. The molecule has 1 aromatic carbocycles. The van der Waals surface area contributed by atoms with Gasteiger partial charge in [-0.2, -0.15) is 18.2 Å². The highest BCUT2D eigenvalue weighted by atomic mass is 19.4. The number of aryl methyl sites for hydroxylation is 1. The normalized spacial score (nSPS) is 14.7. The lowest BCUT2D eigenvalue weighted by Crippen LogP contribution is -2.36. The largest absolute Gasteiger partial charge is 0.418 e. The van der Waals surface area contributed by atoms with E-state index in [0.29, 0.717) is 56.5 Å². The van der Waals surface area contributed by atoms with Crippen molar-refractivity contribution in [3.63, 3.8) is 0 Å². The van der Waals surface area contributed by atoms with Crippen molar-refractivity contribution in [1.82, 2.24) is 15.5 Å². The third kappa shape index (κ3) is 6.33. The standard InChI is InChI=1S/C20H26F3N5O3/c1-13(2)18-26-17(31-27-18)4-3-7-24-19(29)25-16-6-5-14(12-15(16)20(21,22)23)28-8-10-30-11-9-28/h5-6,12-13H,3-4,7-11H2,1-2H3,(H2,24,25,29). The van der Waals surface area contributed by atoms with Gasteiger partial charge in [-0.25, -0.2) is 4.79 Å². The van der Waals surface area contributed by atoms with Gasteiger partial charge in [0.05, 0.1) is 24.5 Å². The van der Waals surface area contributed by atoms with Gasteiger partial charge in [-0.3, -0.25) is 0 Å². The second kappa shape index (κ2) is 9.99. The maximum Gasteiger partial charge on any atom is 0.418 e. The molecule has 170 valence electrons. The first-order chi connectivity index (χ1) is 14.7. The number of carbonyl (C=O) groups excluding carboxylic acids is 1. The fourth-order valence-corrected chi connectivity index (χ4v) is 3.11. The molecule has 0 saturated carbocycles. The number of hydrogen-bond donors (Lipinski definition) is 2. The number of nitrogens with zero attached hydrogens (tertiary/aromatic N) is 3. The Labute approximate surface area is 178 Å². The molecular weight excluding hydrogens is 415 g/mol. The van der Waals surface area contributed by atoms with E-state index in [4.69, 9.17) is 9.26 Å². The van der Waals surface area contributed by atoms with Crippen LogP contribution in [0.3, 0.4) is 0 Å². The third-order valence-electron chi connectivity index (χ3n) is 4.79. The Hall–Kier alpha value is -2.82. The van der Waals surface area contributed by atoms with Crippen LogP contribution in [0.15, 0.2) is 22.7 Å². The molecule has 1 fully saturated rings. The predicted molar refractivity (Wildman–Crippen MR) is 108 cm³/mol. The summed E-state index contributed by atoms with van der Waals surface area (Å²) in [5.74, 6) is 1.23. The molecule has 2 N–H and O–H groups in total. The first-order valence-corrected chi connectivity index (χ1v) is 10.2. The molecule has 11 heteroatoms. The summed E-state index contributed by atoms with van der Waals surface area (Å²) in [5, 5.41) is 8.71. The molecule has 1 aliphatic heterocycles. The van der Waals surface area contributed by atoms with E-state index in [1.807, 2.05) is 18.7 Å². The smallest absolute Gasteiger partial charge is 0.378 e. The van der Waals surface area contributed by atoms with Crippen LogP contribution < -0.4 is 15.5 Å². The summed E-state index contributed by atoms with van der Waals surface area (Å²) in [6.07, 6.45) is -3.63. The summed E-state index contributed by atoms with van der Waals surface area (Å²) in [6.45, 7) is 6.11. The first-order valence-electron chi connectivity index (χ1n) is 10.2. The lowest BCUT2D eigenvalue weighted by molar-refractivity contribution is -0.136. The lowest BCUT2D eigenvalue weighted by Gasteiger charge is -2.29. The number of aromatic nitrogens is 2. The number of amides is 2. The molecule has 0 unspecified atom stereocenters. The Balaban J connectivity index is 1.55. The van der Waals surface area contributed by atoms with Crippen molar-refractivity contribution < 1.29 is 27.2 Å². The van der Waals surface area contributed by atoms with Gasteiger partial charge in [0.2, 0.25) is 5.89 Å². The molecule has 2 aromatic rings. The van der Waals surface area contributed by atoms with E-state index < -0.39 is 17.8 Å². The average molecular weight is 441 g/mol. The second-order valence-corrected chi connectivity index (χ2v) is 7.51. The van der Waals surface area contributed by atoms with E-state index in [9.17, 15) is 18.0 Å². The van der Waals surface area contributed by atoms with Crippen molar-refractivity contribution in [2.45, 2.75) is 38.8 Å². The Morgan fingerprint density at radius 3 is 2.65 bits per heavy atom. The van der Waals surface area contributed by atoms with Crippen LogP contribution in [0.1, 0.15) is 43.5 Å². The topological polar surface area (TPSA) is 92.5 Å². The fraction of sp³-hybridized carbons (Fsp3) is 0.550. The molecule has 8 nitrogen and oxygen atoms in total. The number of halogens is 3. The predicted octanol–water partition coefficient (Wildman–Crippen LogP) is 3.80. The molecular formula is C20H26F3N5O3. The summed E-state index contributed by atoms with van der Waals surface area (Å²) in [6, 6.07) is 3.19. The number of morpholine rings is 1.